The van der Waals surface area contributed by atoms with E-state index in [1.165, 1.54) is 16.4 Å². The molecule has 1 atom stereocenters. The zero-order valence-electron chi connectivity index (χ0n) is 18.1. The van der Waals surface area contributed by atoms with Crippen molar-refractivity contribution in [1.82, 2.24) is 14.5 Å². The van der Waals surface area contributed by atoms with Crippen molar-refractivity contribution in [3.8, 4) is 0 Å². The Kier molecular flexibility index (Phi) is 7.23. The van der Waals surface area contributed by atoms with Crippen LogP contribution in [0.2, 0.25) is 0 Å². The molecule has 0 spiro atoms. The number of hydrogen-bond donors (Lipinski definition) is 1. The third-order valence-electron chi connectivity index (χ3n) is 6.36. The molecule has 172 valence electrons. The normalized spacial score (nSPS) is 21.3. The second-order valence-electron chi connectivity index (χ2n) is 8.63. The molecule has 6 nitrogen and oxygen atoms in total. The third kappa shape index (κ3) is 5.36. The summed E-state index contributed by atoms with van der Waals surface area (Å²) < 4.78 is 40.8. The molecule has 0 bridgehead atoms. The average Bonchev–Trinajstić information content (AvgIpc) is 2.82. The van der Waals surface area contributed by atoms with Crippen molar-refractivity contribution < 1.29 is 17.6 Å². The Bertz CT molecular complexity index is 1010. The predicted molar refractivity (Wildman–Crippen MR) is 121 cm³/mol. The highest BCUT2D eigenvalue weighted by atomic mass is 32.2. The number of benzene rings is 2. The molecule has 1 amide bonds. The SMILES string of the molecule is O=C(NC1CCN(Cc2ccc(F)cc2)CC1)C1CCCCN1S(=O)(=O)c1ccccc1. The smallest absolute Gasteiger partial charge is 0.243 e. The van der Waals surface area contributed by atoms with Gasteiger partial charge in [-0.3, -0.25) is 9.69 Å². The number of carbonyl (C=O) groups excluding carboxylic acids is 1. The van der Waals surface area contributed by atoms with Crippen LogP contribution in [0.1, 0.15) is 37.7 Å². The summed E-state index contributed by atoms with van der Waals surface area (Å²) in [5, 5.41) is 3.11. The van der Waals surface area contributed by atoms with Gasteiger partial charge in [0.1, 0.15) is 11.9 Å². The van der Waals surface area contributed by atoms with Crippen LogP contribution < -0.4 is 5.32 Å². The molecule has 0 aliphatic carbocycles. The number of carbonyl (C=O) groups is 1. The van der Waals surface area contributed by atoms with Gasteiger partial charge in [0.15, 0.2) is 0 Å². The van der Waals surface area contributed by atoms with Gasteiger partial charge >= 0.3 is 0 Å². The number of amides is 1. The third-order valence-corrected chi connectivity index (χ3v) is 8.28. The lowest BCUT2D eigenvalue weighted by molar-refractivity contribution is -0.126. The number of likely N-dealkylation sites (tertiary alicyclic amines) is 1. The zero-order chi connectivity index (χ0) is 22.6. The molecule has 8 heteroatoms. The van der Waals surface area contributed by atoms with Crippen molar-refractivity contribution in [2.75, 3.05) is 19.6 Å². The molecule has 0 aromatic heterocycles. The Morgan fingerprint density at radius 2 is 1.62 bits per heavy atom. The summed E-state index contributed by atoms with van der Waals surface area (Å²) in [5.41, 5.74) is 1.07. The topological polar surface area (TPSA) is 69.7 Å². The first-order valence-electron chi connectivity index (χ1n) is 11.3. The number of nitrogens with one attached hydrogen (secondary N) is 1. The molecule has 2 heterocycles. The van der Waals surface area contributed by atoms with Gasteiger partial charge in [0.2, 0.25) is 15.9 Å². The number of rotatable bonds is 6. The van der Waals surface area contributed by atoms with Crippen molar-refractivity contribution in [2.45, 2.75) is 55.6 Å². The van der Waals surface area contributed by atoms with Crippen LogP contribution in [0.3, 0.4) is 0 Å². The fourth-order valence-electron chi connectivity index (χ4n) is 4.56. The van der Waals surface area contributed by atoms with Gasteiger partial charge in [-0.2, -0.15) is 4.31 Å². The van der Waals surface area contributed by atoms with E-state index in [2.05, 4.69) is 10.2 Å². The van der Waals surface area contributed by atoms with Crippen LogP contribution in [0.5, 0.6) is 0 Å². The van der Waals surface area contributed by atoms with E-state index in [0.29, 0.717) is 13.0 Å². The first-order valence-corrected chi connectivity index (χ1v) is 12.7. The van der Waals surface area contributed by atoms with Crippen LogP contribution in [-0.4, -0.2) is 55.2 Å². The van der Waals surface area contributed by atoms with Gasteiger partial charge in [-0.15, -0.1) is 0 Å². The van der Waals surface area contributed by atoms with E-state index in [1.54, 1.807) is 42.5 Å². The molecule has 2 saturated heterocycles. The maximum absolute atomic E-state index is 13.1. The number of sulfonamides is 1. The zero-order valence-corrected chi connectivity index (χ0v) is 18.9. The molecule has 1 N–H and O–H groups in total. The van der Waals surface area contributed by atoms with Crippen molar-refractivity contribution >= 4 is 15.9 Å². The highest BCUT2D eigenvalue weighted by Crippen LogP contribution is 2.26. The molecule has 2 aromatic carbocycles. The molecule has 2 fully saturated rings. The molecule has 2 aliphatic heterocycles. The summed E-state index contributed by atoms with van der Waals surface area (Å²) >= 11 is 0. The van der Waals surface area contributed by atoms with E-state index in [9.17, 15) is 17.6 Å². The van der Waals surface area contributed by atoms with E-state index in [4.69, 9.17) is 0 Å². The fraction of sp³-hybridized carbons (Fsp3) is 0.458. The molecule has 2 aromatic rings. The highest BCUT2D eigenvalue weighted by Gasteiger charge is 2.38. The van der Waals surface area contributed by atoms with Gasteiger partial charge in [0.05, 0.1) is 4.90 Å². The number of halogens is 1. The molecule has 32 heavy (non-hydrogen) atoms. The van der Waals surface area contributed by atoms with Crippen molar-refractivity contribution in [3.05, 3.63) is 66.0 Å². The van der Waals surface area contributed by atoms with E-state index in [1.807, 2.05) is 0 Å². The van der Waals surface area contributed by atoms with Crippen LogP contribution in [-0.2, 0) is 21.4 Å². The van der Waals surface area contributed by atoms with Crippen LogP contribution in [0.4, 0.5) is 4.39 Å². The first kappa shape index (κ1) is 22.9. The van der Waals surface area contributed by atoms with E-state index in [-0.39, 0.29) is 22.7 Å². The lowest BCUT2D eigenvalue weighted by Gasteiger charge is -2.36. The Labute approximate surface area is 189 Å². The molecule has 0 radical (unpaired) electrons. The number of hydrogen-bond acceptors (Lipinski definition) is 4. The molecule has 1 unspecified atom stereocenters. The van der Waals surface area contributed by atoms with Crippen LogP contribution in [0, 0.1) is 5.82 Å². The minimum absolute atomic E-state index is 0.0372. The van der Waals surface area contributed by atoms with Crippen LogP contribution in [0.25, 0.3) is 0 Å². The van der Waals surface area contributed by atoms with Gasteiger partial charge < -0.3 is 5.32 Å². The van der Waals surface area contributed by atoms with Crippen LogP contribution >= 0.6 is 0 Å². The quantitative estimate of drug-likeness (QED) is 0.721. The Morgan fingerprint density at radius 1 is 0.938 bits per heavy atom. The number of nitrogens with zero attached hydrogens (tertiary/aromatic N) is 2. The summed E-state index contributed by atoms with van der Waals surface area (Å²) in [6.07, 6.45) is 3.77. The summed E-state index contributed by atoms with van der Waals surface area (Å²) in [7, 11) is -3.71. The van der Waals surface area contributed by atoms with Gasteiger partial charge in [0, 0.05) is 32.2 Å². The van der Waals surface area contributed by atoms with Gasteiger partial charge in [-0.05, 0) is 55.5 Å². The second-order valence-corrected chi connectivity index (χ2v) is 10.5. The number of piperidine rings is 2. The first-order chi connectivity index (χ1) is 15.4. The van der Waals surface area contributed by atoms with Gasteiger partial charge in [-0.25, -0.2) is 12.8 Å². The maximum atomic E-state index is 13.1. The highest BCUT2D eigenvalue weighted by molar-refractivity contribution is 7.89. The molecular weight excluding hydrogens is 429 g/mol. The summed E-state index contributed by atoms with van der Waals surface area (Å²) in [6, 6.07) is 14.3. The summed E-state index contributed by atoms with van der Waals surface area (Å²) in [6.45, 7) is 2.79. The molecule has 2 aliphatic rings. The predicted octanol–water partition coefficient (Wildman–Crippen LogP) is 3.15. The van der Waals surface area contributed by atoms with Crippen molar-refractivity contribution in [1.29, 1.82) is 0 Å². The largest absolute Gasteiger partial charge is 0.352 e. The minimum atomic E-state index is -3.71. The minimum Gasteiger partial charge on any atom is -0.352 e. The van der Waals surface area contributed by atoms with E-state index >= 15 is 0 Å². The van der Waals surface area contributed by atoms with Crippen molar-refractivity contribution in [3.63, 3.8) is 0 Å². The average molecular weight is 460 g/mol. The lowest BCUT2D eigenvalue weighted by atomic mass is 10.0. The summed E-state index contributed by atoms with van der Waals surface area (Å²) in [5.74, 6) is -0.428. The Morgan fingerprint density at radius 3 is 2.31 bits per heavy atom. The van der Waals surface area contributed by atoms with Crippen LogP contribution in [0.15, 0.2) is 59.5 Å². The standard InChI is InChI=1S/C24H30FN3O3S/c25-20-11-9-19(10-12-20)18-27-16-13-21(14-17-27)26-24(29)23-8-4-5-15-28(23)32(30,31)22-6-2-1-3-7-22/h1-3,6-7,9-12,21,23H,4-5,8,13-18H2,(H,26,29). The maximum Gasteiger partial charge on any atom is 0.243 e. The fourth-order valence-corrected chi connectivity index (χ4v) is 6.24. The second kappa shape index (κ2) is 10.1. The van der Waals surface area contributed by atoms with Gasteiger partial charge in [-0.1, -0.05) is 36.8 Å². The van der Waals surface area contributed by atoms with E-state index < -0.39 is 16.1 Å². The van der Waals surface area contributed by atoms with Gasteiger partial charge in [0.25, 0.3) is 0 Å². The molecule has 4 rings (SSSR count). The molecule has 0 saturated carbocycles. The Balaban J connectivity index is 1.34. The summed E-state index contributed by atoms with van der Waals surface area (Å²) in [4.78, 5) is 15.6. The monoisotopic (exact) mass is 459 g/mol. The molecular formula is C24H30FN3O3S. The Hall–Kier alpha value is -2.29. The lowest BCUT2D eigenvalue weighted by Crippen LogP contribution is -2.55. The van der Waals surface area contributed by atoms with E-state index in [0.717, 1.165) is 50.9 Å². The van der Waals surface area contributed by atoms with Crippen molar-refractivity contribution in [2.24, 2.45) is 0 Å².